The molecule has 9 aromatic carbocycles. The van der Waals surface area contributed by atoms with Gasteiger partial charge in [0.05, 0.1) is 22.4 Å². The molecule has 2 aromatic heterocycles. The lowest BCUT2D eigenvalue weighted by atomic mass is 9.69. The summed E-state index contributed by atoms with van der Waals surface area (Å²) in [5, 5.41) is 2.30. The van der Waals surface area contributed by atoms with Gasteiger partial charge in [-0.1, -0.05) is 403 Å². The van der Waals surface area contributed by atoms with E-state index in [0.717, 1.165) is 46.0 Å². The number of rotatable bonds is 44. The standard InChI is InChI=1S/C106H124N2/c1-5-9-13-17-21-25-29-43-71-105(72-44-30-26-22-18-14-10-6-2)99-77-85(81-47-35-33-36-48-81)59-67-93(99)94-68-60-86(78-100(94)105)87-61-69-95-96-70-62-90(80-102(96)106(101(95)79-87,73-45-31-27-23-19-15-11-7-3)74-46-32-28-24-20-16-12-8-4)98-76-88(57-65-91-63-55-83-51-39-41-53-103(83)107-91)97(82-49-37-34-38-50-82)75-89(98)58-66-92-64-56-84-52-40-42-54-104(84)108-92/h33-42,47-70,75-80H,5-32,43-46,71-74H2,1-4H3/b65-57+,66-58+. The van der Waals surface area contributed by atoms with E-state index in [9.17, 15) is 0 Å². The lowest BCUT2D eigenvalue weighted by Crippen LogP contribution is -2.26. The lowest BCUT2D eigenvalue weighted by molar-refractivity contribution is 0.397. The molecule has 558 valence electrons. The highest BCUT2D eigenvalue weighted by molar-refractivity contribution is 5.94. The summed E-state index contributed by atoms with van der Waals surface area (Å²) < 4.78 is 0. The molecule has 11 aromatic rings. The first kappa shape index (κ1) is 77.4. The van der Waals surface area contributed by atoms with Gasteiger partial charge in [0.15, 0.2) is 0 Å². The number of hydrogen-bond acceptors (Lipinski definition) is 2. The molecule has 0 fully saturated rings. The van der Waals surface area contributed by atoms with Gasteiger partial charge in [-0.3, -0.25) is 0 Å². The van der Waals surface area contributed by atoms with Crippen molar-refractivity contribution in [3.63, 3.8) is 0 Å². The van der Waals surface area contributed by atoms with Crippen LogP contribution in [-0.4, -0.2) is 9.97 Å². The van der Waals surface area contributed by atoms with E-state index in [1.54, 1.807) is 16.7 Å². The summed E-state index contributed by atoms with van der Waals surface area (Å²) in [6.45, 7) is 9.37. The molecule has 2 aliphatic rings. The highest BCUT2D eigenvalue weighted by atomic mass is 14.7. The van der Waals surface area contributed by atoms with Crippen molar-refractivity contribution in [1.29, 1.82) is 0 Å². The van der Waals surface area contributed by atoms with Gasteiger partial charge in [0, 0.05) is 21.6 Å². The molecule has 0 unspecified atom stereocenters. The summed E-state index contributed by atoms with van der Waals surface area (Å²) in [4.78, 5) is 10.4. The van der Waals surface area contributed by atoms with Crippen LogP contribution in [0.5, 0.6) is 0 Å². The van der Waals surface area contributed by atoms with Crippen molar-refractivity contribution in [3.05, 3.63) is 263 Å². The SMILES string of the molecule is CCCCCCCCCCC1(CCCCCCCCCC)c2cc(-c3ccccc3)ccc2-c2ccc(-c3ccc4c(c3)C(CCCCCCCCCC)(CCCCCCCCCC)c3cc(-c5cc(/C=C/c6ccc7ccccc7n6)c(-c6ccccc6)cc5/C=C/c5ccc6ccccc6n5)ccc3-4)cc21. The van der Waals surface area contributed by atoms with E-state index in [2.05, 4.69) is 270 Å². The highest BCUT2D eigenvalue weighted by Crippen LogP contribution is 2.59. The quantitative estimate of drug-likeness (QED) is 0.0356. The number of fused-ring (bicyclic) bond motifs is 8. The summed E-state index contributed by atoms with van der Waals surface area (Å²) in [7, 11) is 0. The minimum Gasteiger partial charge on any atom is -0.248 e. The van der Waals surface area contributed by atoms with Crippen LogP contribution in [0.25, 0.3) is 113 Å². The van der Waals surface area contributed by atoms with Gasteiger partial charge in [-0.2, -0.15) is 0 Å². The molecule has 0 aliphatic heterocycles. The monoisotopic (exact) mass is 1420 g/mol. The molecule has 0 bridgehead atoms. The van der Waals surface area contributed by atoms with Crippen LogP contribution >= 0.6 is 0 Å². The number of para-hydroxylation sites is 2. The maximum Gasteiger partial charge on any atom is 0.0709 e. The van der Waals surface area contributed by atoms with Crippen molar-refractivity contribution in [3.8, 4) is 66.8 Å². The van der Waals surface area contributed by atoms with Gasteiger partial charge in [-0.15, -0.1) is 0 Å². The average molecular weight is 1430 g/mol. The van der Waals surface area contributed by atoms with E-state index in [4.69, 9.17) is 9.97 Å². The molecule has 0 N–H and O–H groups in total. The smallest absolute Gasteiger partial charge is 0.0709 e. The number of benzene rings is 9. The molecule has 2 aliphatic carbocycles. The van der Waals surface area contributed by atoms with Crippen molar-refractivity contribution < 1.29 is 0 Å². The largest absolute Gasteiger partial charge is 0.248 e. The fourth-order valence-electron chi connectivity index (χ4n) is 18.6. The zero-order valence-electron chi connectivity index (χ0n) is 66.4. The summed E-state index contributed by atoms with van der Waals surface area (Å²) in [5.74, 6) is 0. The van der Waals surface area contributed by atoms with E-state index in [0.29, 0.717) is 0 Å². The second-order valence-corrected chi connectivity index (χ2v) is 32.4. The Kier molecular flexibility index (Phi) is 28.4. The Morgan fingerprint density at radius 2 is 0.509 bits per heavy atom. The molecule has 0 saturated heterocycles. The predicted molar refractivity (Wildman–Crippen MR) is 471 cm³/mol. The minimum atomic E-state index is -0.168. The molecule has 0 saturated carbocycles. The van der Waals surface area contributed by atoms with Crippen molar-refractivity contribution in [2.45, 2.75) is 270 Å². The summed E-state index contributed by atoms with van der Waals surface area (Å²) >= 11 is 0. The Bertz CT molecular complexity index is 4680. The molecule has 0 atom stereocenters. The van der Waals surface area contributed by atoms with Gasteiger partial charge in [-0.05, 0) is 199 Å². The average Bonchev–Trinajstić information content (AvgIpc) is 1.56. The number of hydrogen-bond donors (Lipinski definition) is 0. The number of nitrogens with zero attached hydrogens (tertiary/aromatic N) is 2. The Hall–Kier alpha value is -8.72. The first-order valence-electron chi connectivity index (χ1n) is 43.4. The topological polar surface area (TPSA) is 25.8 Å². The second-order valence-electron chi connectivity index (χ2n) is 32.4. The van der Waals surface area contributed by atoms with Crippen LogP contribution in [0.1, 0.15) is 304 Å². The Morgan fingerprint density at radius 3 is 0.870 bits per heavy atom. The molecule has 0 amide bonds. The van der Waals surface area contributed by atoms with Crippen molar-refractivity contribution in [2.24, 2.45) is 0 Å². The maximum absolute atomic E-state index is 5.21. The molecule has 13 rings (SSSR count). The predicted octanol–water partition coefficient (Wildman–Crippen LogP) is 32.4. The Morgan fingerprint density at radius 1 is 0.222 bits per heavy atom. The van der Waals surface area contributed by atoms with Crippen LogP contribution < -0.4 is 0 Å². The lowest BCUT2D eigenvalue weighted by Gasteiger charge is -2.34. The third-order valence-corrected chi connectivity index (χ3v) is 24.7. The molecular weight excluding hydrogens is 1300 g/mol. The van der Waals surface area contributed by atoms with Crippen LogP contribution in [0.2, 0.25) is 0 Å². The van der Waals surface area contributed by atoms with Crippen LogP contribution in [0, 0.1) is 0 Å². The summed E-state index contributed by atoms with van der Waals surface area (Å²) in [6.07, 6.45) is 56.1. The minimum absolute atomic E-state index is 0.0571. The molecule has 108 heavy (non-hydrogen) atoms. The molecule has 0 radical (unpaired) electrons. The molecule has 2 heterocycles. The highest BCUT2D eigenvalue weighted by Gasteiger charge is 2.45. The number of aromatic nitrogens is 2. The van der Waals surface area contributed by atoms with Crippen LogP contribution in [0.3, 0.4) is 0 Å². The Labute approximate surface area is 651 Å². The Balaban J connectivity index is 0.945. The van der Waals surface area contributed by atoms with E-state index >= 15 is 0 Å². The summed E-state index contributed by atoms with van der Waals surface area (Å²) in [6, 6.07) is 83.9. The third kappa shape index (κ3) is 19.1. The second kappa shape index (κ2) is 39.6. The third-order valence-electron chi connectivity index (χ3n) is 24.7. The van der Waals surface area contributed by atoms with Gasteiger partial charge in [0.1, 0.15) is 0 Å². The normalized spacial score (nSPS) is 13.3. The fourth-order valence-corrected chi connectivity index (χ4v) is 18.6. The van der Waals surface area contributed by atoms with Gasteiger partial charge in [-0.25, -0.2) is 9.97 Å². The number of pyridine rings is 2. The van der Waals surface area contributed by atoms with Crippen molar-refractivity contribution in [2.75, 3.05) is 0 Å². The molecule has 0 spiro atoms. The first-order valence-corrected chi connectivity index (χ1v) is 43.4. The van der Waals surface area contributed by atoms with Gasteiger partial charge < -0.3 is 0 Å². The van der Waals surface area contributed by atoms with Crippen LogP contribution in [0.4, 0.5) is 0 Å². The fraction of sp³-hybridized carbons (Fsp3) is 0.396. The van der Waals surface area contributed by atoms with Crippen LogP contribution in [-0.2, 0) is 10.8 Å². The zero-order chi connectivity index (χ0) is 74.0. The zero-order valence-corrected chi connectivity index (χ0v) is 66.4. The van der Waals surface area contributed by atoms with E-state index in [1.807, 2.05) is 0 Å². The van der Waals surface area contributed by atoms with Crippen molar-refractivity contribution in [1.82, 2.24) is 9.97 Å². The van der Waals surface area contributed by atoms with E-state index < -0.39 is 0 Å². The van der Waals surface area contributed by atoms with E-state index in [1.165, 1.54) is 302 Å². The van der Waals surface area contributed by atoms with Gasteiger partial charge >= 0.3 is 0 Å². The first-order chi connectivity index (χ1) is 53.4. The van der Waals surface area contributed by atoms with Gasteiger partial charge in [0.2, 0.25) is 0 Å². The van der Waals surface area contributed by atoms with Crippen molar-refractivity contribution >= 4 is 46.1 Å². The number of unbranched alkanes of at least 4 members (excludes halogenated alkanes) is 28. The molecular formula is C106H124N2. The molecule has 2 nitrogen and oxygen atoms in total. The van der Waals surface area contributed by atoms with Gasteiger partial charge in [0.25, 0.3) is 0 Å². The summed E-state index contributed by atoms with van der Waals surface area (Å²) in [5.41, 5.74) is 28.4. The van der Waals surface area contributed by atoms with E-state index in [-0.39, 0.29) is 10.8 Å². The molecule has 2 heteroatoms. The maximum atomic E-state index is 5.21. The van der Waals surface area contributed by atoms with Crippen LogP contribution in [0.15, 0.2) is 218 Å².